The first-order valence-corrected chi connectivity index (χ1v) is 7.23. The van der Waals surface area contributed by atoms with Crippen LogP contribution in [0, 0.1) is 5.82 Å². The van der Waals surface area contributed by atoms with E-state index < -0.39 is 5.82 Å². The van der Waals surface area contributed by atoms with Crippen molar-refractivity contribution in [2.75, 3.05) is 13.1 Å². The van der Waals surface area contributed by atoms with E-state index in [2.05, 4.69) is 10.1 Å². The molecule has 7 heteroatoms. The van der Waals surface area contributed by atoms with Crippen molar-refractivity contribution in [3.8, 4) is 0 Å². The second kappa shape index (κ2) is 5.75. The van der Waals surface area contributed by atoms with Gasteiger partial charge in [0, 0.05) is 26.1 Å². The van der Waals surface area contributed by atoms with Crippen molar-refractivity contribution >= 4 is 5.91 Å². The Labute approximate surface area is 126 Å². The van der Waals surface area contributed by atoms with Crippen LogP contribution in [0.5, 0.6) is 0 Å². The maximum atomic E-state index is 13.7. The molecule has 1 amide bonds. The molecule has 116 valence electrons. The van der Waals surface area contributed by atoms with E-state index in [0.29, 0.717) is 31.8 Å². The van der Waals surface area contributed by atoms with Gasteiger partial charge in [0.05, 0.1) is 5.56 Å². The Morgan fingerprint density at radius 1 is 1.32 bits per heavy atom. The van der Waals surface area contributed by atoms with Crippen LogP contribution < -0.4 is 5.69 Å². The number of aryl methyl sites for hydroxylation is 1. The minimum absolute atomic E-state index is 0.104. The Morgan fingerprint density at radius 3 is 2.59 bits per heavy atom. The van der Waals surface area contributed by atoms with Gasteiger partial charge in [-0.2, -0.15) is 5.10 Å². The predicted octanol–water partition coefficient (Wildman–Crippen LogP) is 1.27. The number of carbonyl (C=O) groups is 1. The highest BCUT2D eigenvalue weighted by atomic mass is 19.1. The molecule has 1 aromatic carbocycles. The number of hydrogen-bond donors (Lipinski definition) is 1. The second-order valence-electron chi connectivity index (χ2n) is 5.49. The molecule has 0 saturated carbocycles. The molecule has 1 aliphatic rings. The van der Waals surface area contributed by atoms with Crippen molar-refractivity contribution in [3.63, 3.8) is 0 Å². The third kappa shape index (κ3) is 2.66. The highest BCUT2D eigenvalue weighted by Crippen LogP contribution is 2.26. The van der Waals surface area contributed by atoms with Gasteiger partial charge < -0.3 is 4.90 Å². The number of hydrogen-bond acceptors (Lipinski definition) is 3. The fourth-order valence-corrected chi connectivity index (χ4v) is 2.77. The summed E-state index contributed by atoms with van der Waals surface area (Å²) in [6.07, 6.45) is 1.40. The van der Waals surface area contributed by atoms with Crippen LogP contribution in [0.2, 0.25) is 0 Å². The summed E-state index contributed by atoms with van der Waals surface area (Å²) in [7, 11) is 1.60. The molecule has 22 heavy (non-hydrogen) atoms. The maximum Gasteiger partial charge on any atom is 0.343 e. The summed E-state index contributed by atoms with van der Waals surface area (Å²) in [5, 5.41) is 4.16. The van der Waals surface area contributed by atoms with E-state index in [1.165, 1.54) is 16.8 Å². The average molecular weight is 304 g/mol. The van der Waals surface area contributed by atoms with Crippen LogP contribution in [-0.4, -0.2) is 38.7 Å². The van der Waals surface area contributed by atoms with E-state index in [1.54, 1.807) is 24.1 Å². The van der Waals surface area contributed by atoms with E-state index in [0.717, 1.165) is 0 Å². The number of carbonyl (C=O) groups excluding carboxylic acids is 1. The molecule has 0 unspecified atom stereocenters. The minimum atomic E-state index is -0.497. The van der Waals surface area contributed by atoms with E-state index >= 15 is 0 Å². The summed E-state index contributed by atoms with van der Waals surface area (Å²) in [5.41, 5.74) is -0.132. The lowest BCUT2D eigenvalue weighted by molar-refractivity contribution is 0.0706. The number of rotatable bonds is 2. The monoisotopic (exact) mass is 304 g/mol. The van der Waals surface area contributed by atoms with Gasteiger partial charge in [-0.3, -0.25) is 9.78 Å². The molecule has 1 fully saturated rings. The number of aromatic amines is 1. The van der Waals surface area contributed by atoms with Crippen molar-refractivity contribution in [3.05, 3.63) is 52.0 Å². The number of H-pyrrole nitrogens is 1. The van der Waals surface area contributed by atoms with Crippen LogP contribution in [0.1, 0.15) is 34.9 Å². The summed E-state index contributed by atoms with van der Waals surface area (Å²) in [6, 6.07) is 6.01. The number of amides is 1. The minimum Gasteiger partial charge on any atom is -0.339 e. The number of piperidine rings is 1. The molecule has 0 atom stereocenters. The van der Waals surface area contributed by atoms with E-state index in [-0.39, 0.29) is 23.1 Å². The zero-order valence-electron chi connectivity index (χ0n) is 12.3. The maximum absolute atomic E-state index is 13.7. The third-order valence-corrected chi connectivity index (χ3v) is 4.06. The molecule has 0 radical (unpaired) electrons. The molecule has 1 aromatic heterocycles. The van der Waals surface area contributed by atoms with Crippen molar-refractivity contribution in [2.24, 2.45) is 7.05 Å². The number of aromatic nitrogens is 3. The normalized spacial score (nSPS) is 16.0. The molecular formula is C15H17FN4O2. The average Bonchev–Trinajstić information content (AvgIpc) is 2.87. The lowest BCUT2D eigenvalue weighted by Gasteiger charge is -2.31. The molecule has 3 rings (SSSR count). The number of nitrogens with one attached hydrogen (secondary N) is 1. The molecule has 6 nitrogen and oxygen atoms in total. The quantitative estimate of drug-likeness (QED) is 0.908. The van der Waals surface area contributed by atoms with Gasteiger partial charge in [0.25, 0.3) is 5.91 Å². The highest BCUT2D eigenvalue weighted by Gasteiger charge is 2.27. The van der Waals surface area contributed by atoms with Gasteiger partial charge in [0.2, 0.25) is 0 Å². The smallest absolute Gasteiger partial charge is 0.339 e. The summed E-state index contributed by atoms with van der Waals surface area (Å²) in [4.78, 5) is 28.1. The van der Waals surface area contributed by atoms with Crippen LogP contribution in [0.4, 0.5) is 4.39 Å². The van der Waals surface area contributed by atoms with Gasteiger partial charge in [0.1, 0.15) is 11.6 Å². The SMILES string of the molecule is Cn1nc(C2CCN(C(=O)c3ccccc3F)CC2)[nH]c1=O. The third-order valence-electron chi connectivity index (χ3n) is 4.06. The molecule has 0 spiro atoms. The first kappa shape index (κ1) is 14.5. The lowest BCUT2D eigenvalue weighted by atomic mass is 9.95. The zero-order chi connectivity index (χ0) is 15.7. The van der Waals surface area contributed by atoms with Crippen LogP contribution >= 0.6 is 0 Å². The molecular weight excluding hydrogens is 287 g/mol. The van der Waals surface area contributed by atoms with Crippen molar-refractivity contribution < 1.29 is 9.18 Å². The summed E-state index contributed by atoms with van der Waals surface area (Å²) < 4.78 is 15.0. The van der Waals surface area contributed by atoms with Crippen LogP contribution in [0.3, 0.4) is 0 Å². The van der Waals surface area contributed by atoms with Crippen molar-refractivity contribution in [1.29, 1.82) is 0 Å². The Bertz CT molecular complexity index is 744. The molecule has 2 heterocycles. The van der Waals surface area contributed by atoms with Crippen LogP contribution in [0.25, 0.3) is 0 Å². The lowest BCUT2D eigenvalue weighted by Crippen LogP contribution is -2.38. The van der Waals surface area contributed by atoms with Gasteiger partial charge in [0.15, 0.2) is 0 Å². The Morgan fingerprint density at radius 2 is 2.00 bits per heavy atom. The number of nitrogens with zero attached hydrogens (tertiary/aromatic N) is 3. The number of benzene rings is 1. The van der Waals surface area contributed by atoms with Gasteiger partial charge in [-0.25, -0.2) is 13.9 Å². The second-order valence-corrected chi connectivity index (χ2v) is 5.49. The summed E-state index contributed by atoms with van der Waals surface area (Å²) >= 11 is 0. The standard InChI is InChI=1S/C15H17FN4O2/c1-19-15(22)17-13(18-19)10-6-8-20(9-7-10)14(21)11-4-2-3-5-12(11)16/h2-5,10H,6-9H2,1H3,(H,17,18,22). The van der Waals surface area contributed by atoms with E-state index in [4.69, 9.17) is 0 Å². The zero-order valence-corrected chi connectivity index (χ0v) is 12.3. The topological polar surface area (TPSA) is 71.0 Å². The van der Waals surface area contributed by atoms with Gasteiger partial charge in [-0.15, -0.1) is 0 Å². The number of halogens is 1. The Kier molecular flexibility index (Phi) is 3.79. The summed E-state index contributed by atoms with van der Waals surface area (Å²) in [6.45, 7) is 1.05. The molecule has 1 N–H and O–H groups in total. The van der Waals surface area contributed by atoms with Crippen LogP contribution in [-0.2, 0) is 7.05 Å². The van der Waals surface area contributed by atoms with Gasteiger partial charge >= 0.3 is 5.69 Å². The summed E-state index contributed by atoms with van der Waals surface area (Å²) in [5.74, 6) is -0.00111. The highest BCUT2D eigenvalue weighted by molar-refractivity contribution is 5.94. The molecule has 0 bridgehead atoms. The Balaban J connectivity index is 1.68. The van der Waals surface area contributed by atoms with Gasteiger partial charge in [-0.05, 0) is 25.0 Å². The molecule has 1 aliphatic heterocycles. The fourth-order valence-electron chi connectivity index (χ4n) is 2.77. The Hall–Kier alpha value is -2.44. The fraction of sp³-hybridized carbons (Fsp3) is 0.400. The van der Waals surface area contributed by atoms with Crippen molar-refractivity contribution in [1.82, 2.24) is 19.7 Å². The molecule has 0 aliphatic carbocycles. The van der Waals surface area contributed by atoms with E-state index in [1.807, 2.05) is 0 Å². The van der Waals surface area contributed by atoms with E-state index in [9.17, 15) is 14.0 Å². The van der Waals surface area contributed by atoms with Crippen LogP contribution in [0.15, 0.2) is 29.1 Å². The predicted molar refractivity (Wildman–Crippen MR) is 78.1 cm³/mol. The molecule has 2 aromatic rings. The van der Waals surface area contributed by atoms with Gasteiger partial charge in [-0.1, -0.05) is 12.1 Å². The number of likely N-dealkylation sites (tertiary alicyclic amines) is 1. The first-order chi connectivity index (χ1) is 10.6. The largest absolute Gasteiger partial charge is 0.343 e. The first-order valence-electron chi connectivity index (χ1n) is 7.23. The molecule has 1 saturated heterocycles. The van der Waals surface area contributed by atoms with Crippen molar-refractivity contribution in [2.45, 2.75) is 18.8 Å².